The summed E-state index contributed by atoms with van der Waals surface area (Å²) in [7, 11) is 0. The predicted molar refractivity (Wildman–Crippen MR) is 252 cm³/mol. The first-order valence-corrected chi connectivity index (χ1v) is 19.9. The number of rotatable bonds is 12. The van der Waals surface area contributed by atoms with Gasteiger partial charge in [-0.3, -0.25) is 0 Å². The minimum atomic E-state index is 0.421. The Labute approximate surface area is 347 Å². The van der Waals surface area contributed by atoms with Gasteiger partial charge in [0.1, 0.15) is 0 Å². The summed E-state index contributed by atoms with van der Waals surface area (Å²) >= 11 is 0. The van der Waals surface area contributed by atoms with Crippen LogP contribution in [0.15, 0.2) is 200 Å². The van der Waals surface area contributed by atoms with Crippen molar-refractivity contribution in [3.8, 4) is 33.6 Å². The Morgan fingerprint density at radius 3 is 2.12 bits per heavy atom. The number of allylic oxidation sites excluding steroid dienone is 10. The van der Waals surface area contributed by atoms with E-state index in [-0.39, 0.29) is 0 Å². The van der Waals surface area contributed by atoms with E-state index in [0.717, 1.165) is 91.3 Å². The number of nitrogen functional groups attached to an aromatic ring is 1. The summed E-state index contributed by atoms with van der Waals surface area (Å²) in [6.07, 6.45) is 21.7. The fraction of sp³-hybridized carbons (Fsp3) is 0.0727. The smallest absolute Gasteiger partial charge is 0.0715 e. The van der Waals surface area contributed by atoms with Gasteiger partial charge in [-0.2, -0.15) is 0 Å². The Bertz CT molecular complexity index is 2810. The van der Waals surface area contributed by atoms with E-state index in [0.29, 0.717) is 5.71 Å². The second-order valence-corrected chi connectivity index (χ2v) is 14.6. The van der Waals surface area contributed by atoms with Crippen LogP contribution in [0.2, 0.25) is 0 Å². The van der Waals surface area contributed by atoms with Crippen LogP contribution in [0.1, 0.15) is 35.6 Å². The number of aromatic nitrogens is 1. The fourth-order valence-electron chi connectivity index (χ4n) is 7.03. The zero-order valence-electron chi connectivity index (χ0n) is 33.4. The number of nitrogens with zero attached hydrogens (tertiary/aromatic N) is 1. The van der Waals surface area contributed by atoms with Crippen molar-refractivity contribution >= 4 is 35.2 Å². The molecule has 0 radical (unpaired) electrons. The minimum absolute atomic E-state index is 0.421. The van der Waals surface area contributed by atoms with Crippen LogP contribution >= 0.6 is 0 Å². The molecule has 0 aliphatic heterocycles. The molecule has 0 spiro atoms. The lowest BCUT2D eigenvalue weighted by atomic mass is 9.95. The van der Waals surface area contributed by atoms with E-state index in [9.17, 15) is 0 Å². The van der Waals surface area contributed by atoms with Crippen LogP contribution in [0.25, 0.3) is 57.4 Å². The molecule has 4 nitrogen and oxygen atoms in total. The fourth-order valence-corrected chi connectivity index (χ4v) is 7.03. The summed E-state index contributed by atoms with van der Waals surface area (Å²) in [5.74, 6) is 0. The first kappa shape index (κ1) is 39.7. The Kier molecular flexibility index (Phi) is 12.8. The number of aryl methyl sites for hydroxylation is 2. The molecular formula is C55H48N4. The van der Waals surface area contributed by atoms with Crippen LogP contribution in [-0.2, 0) is 12.8 Å². The number of para-hydroxylation sites is 1. The second kappa shape index (κ2) is 19.1. The summed E-state index contributed by atoms with van der Waals surface area (Å²) in [6, 6.07) is 46.6. The van der Waals surface area contributed by atoms with Crippen molar-refractivity contribution in [2.75, 3.05) is 5.73 Å². The number of pyridine rings is 1. The van der Waals surface area contributed by atoms with Gasteiger partial charge in [-0.1, -0.05) is 146 Å². The molecular weight excluding hydrogens is 717 g/mol. The minimum Gasteiger partial charge on any atom is -0.405 e. The van der Waals surface area contributed by atoms with E-state index in [1.54, 1.807) is 12.2 Å². The Balaban J connectivity index is 1.21. The molecule has 1 heterocycles. The average molecular weight is 765 g/mol. The molecule has 5 N–H and O–H groups in total. The molecule has 59 heavy (non-hydrogen) atoms. The highest BCUT2D eigenvalue weighted by atomic mass is 14.7. The molecule has 5 aromatic carbocycles. The molecule has 4 heteroatoms. The molecule has 1 aliphatic carbocycles. The van der Waals surface area contributed by atoms with Gasteiger partial charge in [0.15, 0.2) is 0 Å². The molecule has 0 amide bonds. The number of anilines is 1. The quantitative estimate of drug-likeness (QED) is 0.0659. The largest absolute Gasteiger partial charge is 0.405 e. The SMILES string of the molecule is C=c1cccc/c1=C/C=C(\C)c1ccc(-c2cc(-c3ccc(C(/C=C4\C=C=CC=CC4=N)=C/C=C\N)cc3)cc(-c3ccc(CCCc4ccccc4N)cc3)n2)cc1. The zero-order valence-corrected chi connectivity index (χ0v) is 33.4. The number of benzene rings is 5. The van der Waals surface area contributed by atoms with E-state index in [4.69, 9.17) is 21.9 Å². The lowest BCUT2D eigenvalue weighted by molar-refractivity contribution is 0.822. The highest BCUT2D eigenvalue weighted by Gasteiger charge is 2.12. The van der Waals surface area contributed by atoms with Gasteiger partial charge in [0.2, 0.25) is 0 Å². The number of nitrogens with one attached hydrogen (secondary N) is 1. The lowest BCUT2D eigenvalue weighted by Crippen LogP contribution is -2.21. The van der Waals surface area contributed by atoms with Crippen molar-refractivity contribution in [2.24, 2.45) is 5.73 Å². The van der Waals surface area contributed by atoms with Gasteiger partial charge < -0.3 is 16.9 Å². The van der Waals surface area contributed by atoms with E-state index in [1.165, 1.54) is 22.9 Å². The van der Waals surface area contributed by atoms with E-state index < -0.39 is 0 Å². The summed E-state index contributed by atoms with van der Waals surface area (Å²) in [5, 5.41) is 10.6. The third-order valence-electron chi connectivity index (χ3n) is 10.5. The molecule has 288 valence electrons. The van der Waals surface area contributed by atoms with Gasteiger partial charge in [0, 0.05) is 22.4 Å². The monoisotopic (exact) mass is 764 g/mol. The Morgan fingerprint density at radius 2 is 1.41 bits per heavy atom. The number of nitrogens with two attached hydrogens (primary N) is 2. The molecule has 0 unspecified atom stereocenters. The summed E-state index contributed by atoms with van der Waals surface area (Å²) in [4.78, 5) is 5.24. The van der Waals surface area contributed by atoms with Crippen molar-refractivity contribution in [3.63, 3.8) is 0 Å². The summed E-state index contributed by atoms with van der Waals surface area (Å²) < 4.78 is 0. The van der Waals surface area contributed by atoms with Gasteiger partial charge in [0.25, 0.3) is 0 Å². The summed E-state index contributed by atoms with van der Waals surface area (Å²) in [6.45, 7) is 6.29. The third kappa shape index (κ3) is 10.3. The highest BCUT2D eigenvalue weighted by molar-refractivity contribution is 6.10. The topological polar surface area (TPSA) is 88.8 Å². The third-order valence-corrected chi connectivity index (χ3v) is 10.5. The van der Waals surface area contributed by atoms with Gasteiger partial charge in [-0.05, 0) is 136 Å². The molecule has 1 aliphatic rings. The second-order valence-electron chi connectivity index (χ2n) is 14.6. The lowest BCUT2D eigenvalue weighted by Gasteiger charge is -2.12. The van der Waals surface area contributed by atoms with Gasteiger partial charge >= 0.3 is 0 Å². The Morgan fingerprint density at radius 1 is 0.746 bits per heavy atom. The summed E-state index contributed by atoms with van der Waals surface area (Å²) in [5.41, 5.74) is 29.9. The van der Waals surface area contributed by atoms with Crippen LogP contribution < -0.4 is 21.9 Å². The maximum absolute atomic E-state index is 8.49. The van der Waals surface area contributed by atoms with Crippen molar-refractivity contribution in [1.82, 2.24) is 4.98 Å². The normalized spacial score (nSPS) is 14.1. The molecule has 0 bridgehead atoms. The van der Waals surface area contributed by atoms with E-state index >= 15 is 0 Å². The van der Waals surface area contributed by atoms with Gasteiger partial charge in [-0.15, -0.1) is 5.73 Å². The first-order valence-electron chi connectivity index (χ1n) is 19.9. The first-order chi connectivity index (χ1) is 28.8. The van der Waals surface area contributed by atoms with Crippen LogP contribution in [0, 0.1) is 5.41 Å². The molecule has 6 aromatic rings. The molecule has 7 rings (SSSR count). The van der Waals surface area contributed by atoms with E-state index in [1.807, 2.05) is 60.7 Å². The highest BCUT2D eigenvalue weighted by Crippen LogP contribution is 2.32. The van der Waals surface area contributed by atoms with Crippen molar-refractivity contribution in [2.45, 2.75) is 26.2 Å². The van der Waals surface area contributed by atoms with Crippen LogP contribution in [-0.4, -0.2) is 10.7 Å². The number of hydrogen-bond donors (Lipinski definition) is 3. The molecule has 0 atom stereocenters. The predicted octanol–water partition coefficient (Wildman–Crippen LogP) is 11.2. The molecule has 0 saturated carbocycles. The maximum Gasteiger partial charge on any atom is 0.0715 e. The van der Waals surface area contributed by atoms with Crippen LogP contribution in [0.4, 0.5) is 5.69 Å². The van der Waals surface area contributed by atoms with Crippen molar-refractivity contribution in [1.29, 1.82) is 5.41 Å². The van der Waals surface area contributed by atoms with Crippen LogP contribution in [0.3, 0.4) is 0 Å². The average Bonchev–Trinajstić information content (AvgIpc) is 3.48. The van der Waals surface area contributed by atoms with Gasteiger partial charge in [0.05, 0.1) is 17.1 Å². The van der Waals surface area contributed by atoms with Gasteiger partial charge in [-0.25, -0.2) is 4.98 Å². The number of hydrogen-bond acceptors (Lipinski definition) is 4. The van der Waals surface area contributed by atoms with Crippen LogP contribution in [0.5, 0.6) is 0 Å². The molecule has 1 aromatic heterocycles. The van der Waals surface area contributed by atoms with E-state index in [2.05, 4.69) is 135 Å². The van der Waals surface area contributed by atoms with Crippen molar-refractivity contribution < 1.29 is 0 Å². The Hall–Kier alpha value is -7.52. The maximum atomic E-state index is 8.49. The zero-order chi connectivity index (χ0) is 41.0. The molecule has 0 saturated heterocycles. The standard InChI is InChI=1S/C55H48N4/c1-39-12-6-7-14-42(39)24-21-40(2)43-27-33-48(34-28-43)55-38-51(37-54(59-55)47-25-22-41(23-26-47)13-10-17-46-15-8-9-20-52(46)57)45-31-29-44(30-32-45)49(18-11-35-56)36-50-16-4-3-5-19-53(50)58/h3,5-9,11-12,14-16,18-38,58H,1,10,13,17,56-57H2,2H3/b35-11-,40-21+,42-24-,49-18+,50-36+,58-53?. The molecule has 0 fully saturated rings. The van der Waals surface area contributed by atoms with Crippen molar-refractivity contribution in [3.05, 3.63) is 232 Å².